The van der Waals surface area contributed by atoms with E-state index < -0.39 is 0 Å². The molecule has 0 aromatic heterocycles. The summed E-state index contributed by atoms with van der Waals surface area (Å²) in [5.74, 6) is 2.89. The molecule has 4 rings (SSSR count). The SMILES string of the molecule is CCOc1cc2c(cc1CNC(=NC)N1CCC(N3CCOCC3)C1)OC(C)C2. The average molecular weight is 403 g/mol. The molecule has 1 aromatic rings. The molecule has 2 atom stereocenters. The van der Waals surface area contributed by atoms with Crippen LogP contribution in [0.15, 0.2) is 17.1 Å². The highest BCUT2D eigenvalue weighted by Gasteiger charge is 2.30. The van der Waals surface area contributed by atoms with Crippen molar-refractivity contribution in [1.29, 1.82) is 0 Å². The molecule has 3 aliphatic rings. The van der Waals surface area contributed by atoms with Crippen LogP contribution in [0.1, 0.15) is 31.4 Å². The number of hydrogen-bond donors (Lipinski definition) is 1. The fraction of sp³-hybridized carbons (Fsp3) is 0.682. The molecule has 2 unspecified atom stereocenters. The Morgan fingerprint density at radius 3 is 2.86 bits per heavy atom. The Morgan fingerprint density at radius 1 is 1.28 bits per heavy atom. The van der Waals surface area contributed by atoms with Gasteiger partial charge in [-0.3, -0.25) is 9.89 Å². The lowest BCUT2D eigenvalue weighted by atomic mass is 10.1. The average Bonchev–Trinajstić information content (AvgIpc) is 3.35. The van der Waals surface area contributed by atoms with Crippen molar-refractivity contribution in [2.45, 2.75) is 45.4 Å². The fourth-order valence-corrected chi connectivity index (χ4v) is 4.59. The standard InChI is InChI=1S/C22H34N4O3/c1-4-28-20-12-17-11-16(2)29-21(17)13-18(20)14-24-22(23-3)26-6-5-19(15-26)25-7-9-27-10-8-25/h12-13,16,19H,4-11,14-15H2,1-3H3,(H,23,24). The lowest BCUT2D eigenvalue weighted by Crippen LogP contribution is -2.46. The maximum atomic E-state index is 5.96. The van der Waals surface area contributed by atoms with Crippen LogP contribution < -0.4 is 14.8 Å². The van der Waals surface area contributed by atoms with Gasteiger partial charge in [-0.15, -0.1) is 0 Å². The number of nitrogens with one attached hydrogen (secondary N) is 1. The van der Waals surface area contributed by atoms with E-state index in [9.17, 15) is 0 Å². The minimum atomic E-state index is 0.233. The van der Waals surface area contributed by atoms with Gasteiger partial charge in [0, 0.05) is 63.4 Å². The van der Waals surface area contributed by atoms with E-state index >= 15 is 0 Å². The number of likely N-dealkylation sites (tertiary alicyclic amines) is 1. The third-order valence-electron chi connectivity index (χ3n) is 6.05. The van der Waals surface area contributed by atoms with Crippen molar-refractivity contribution in [1.82, 2.24) is 15.1 Å². The van der Waals surface area contributed by atoms with Gasteiger partial charge in [0.15, 0.2) is 5.96 Å². The van der Waals surface area contributed by atoms with Crippen molar-refractivity contribution < 1.29 is 14.2 Å². The zero-order valence-electron chi connectivity index (χ0n) is 17.9. The molecule has 29 heavy (non-hydrogen) atoms. The molecule has 1 aromatic carbocycles. The largest absolute Gasteiger partial charge is 0.494 e. The predicted octanol–water partition coefficient (Wildman–Crippen LogP) is 1.89. The summed E-state index contributed by atoms with van der Waals surface area (Å²) in [6, 6.07) is 4.86. The van der Waals surface area contributed by atoms with Gasteiger partial charge >= 0.3 is 0 Å². The van der Waals surface area contributed by atoms with E-state index in [2.05, 4.69) is 39.2 Å². The molecule has 2 saturated heterocycles. The summed E-state index contributed by atoms with van der Waals surface area (Å²) in [4.78, 5) is 9.47. The van der Waals surface area contributed by atoms with Crippen LogP contribution in [0.25, 0.3) is 0 Å². The molecule has 0 saturated carbocycles. The second-order valence-corrected chi connectivity index (χ2v) is 8.07. The zero-order chi connectivity index (χ0) is 20.2. The summed E-state index contributed by atoms with van der Waals surface area (Å²) in [5, 5.41) is 3.55. The molecule has 7 heteroatoms. The summed E-state index contributed by atoms with van der Waals surface area (Å²) >= 11 is 0. The van der Waals surface area contributed by atoms with Gasteiger partial charge in [0.25, 0.3) is 0 Å². The Balaban J connectivity index is 1.39. The number of hydrogen-bond acceptors (Lipinski definition) is 5. The molecule has 160 valence electrons. The van der Waals surface area contributed by atoms with Crippen LogP contribution in [0, 0.1) is 0 Å². The highest BCUT2D eigenvalue weighted by molar-refractivity contribution is 5.80. The van der Waals surface area contributed by atoms with Gasteiger partial charge in [0.2, 0.25) is 0 Å². The van der Waals surface area contributed by atoms with Crippen LogP contribution in [0.3, 0.4) is 0 Å². The van der Waals surface area contributed by atoms with Gasteiger partial charge < -0.3 is 24.4 Å². The van der Waals surface area contributed by atoms with Crippen molar-refractivity contribution in [2.75, 3.05) is 53.0 Å². The number of morpholine rings is 1. The van der Waals surface area contributed by atoms with Gasteiger partial charge in [-0.2, -0.15) is 0 Å². The molecule has 1 N–H and O–H groups in total. The number of fused-ring (bicyclic) bond motifs is 1. The lowest BCUT2D eigenvalue weighted by molar-refractivity contribution is 0.0195. The van der Waals surface area contributed by atoms with Gasteiger partial charge in [-0.1, -0.05) is 0 Å². The normalized spacial score (nSPS) is 25.1. The second-order valence-electron chi connectivity index (χ2n) is 8.07. The van der Waals surface area contributed by atoms with Crippen molar-refractivity contribution in [3.63, 3.8) is 0 Å². The third kappa shape index (κ3) is 4.61. The zero-order valence-corrected chi connectivity index (χ0v) is 17.9. The van der Waals surface area contributed by atoms with Crippen LogP contribution in [0.5, 0.6) is 11.5 Å². The molecule has 2 fully saturated rings. The Hall–Kier alpha value is -1.99. The summed E-state index contributed by atoms with van der Waals surface area (Å²) in [5.41, 5.74) is 2.35. The summed E-state index contributed by atoms with van der Waals surface area (Å²) in [6.07, 6.45) is 2.36. The first-order valence-electron chi connectivity index (χ1n) is 10.9. The number of benzene rings is 1. The van der Waals surface area contributed by atoms with Crippen LogP contribution >= 0.6 is 0 Å². The Kier molecular flexibility index (Phi) is 6.45. The van der Waals surface area contributed by atoms with Crippen molar-refractivity contribution in [3.05, 3.63) is 23.3 Å². The topological polar surface area (TPSA) is 58.6 Å². The van der Waals surface area contributed by atoms with Gasteiger partial charge in [0.1, 0.15) is 17.6 Å². The second kappa shape index (κ2) is 9.22. The van der Waals surface area contributed by atoms with E-state index in [1.165, 1.54) is 12.0 Å². The first-order chi connectivity index (χ1) is 14.2. The van der Waals surface area contributed by atoms with Gasteiger partial charge in [-0.25, -0.2) is 0 Å². The fourth-order valence-electron chi connectivity index (χ4n) is 4.59. The van der Waals surface area contributed by atoms with Crippen LogP contribution in [0.2, 0.25) is 0 Å². The molecule has 7 nitrogen and oxygen atoms in total. The van der Waals surface area contributed by atoms with Crippen LogP contribution in [-0.4, -0.2) is 81.0 Å². The van der Waals surface area contributed by atoms with E-state index in [4.69, 9.17) is 14.2 Å². The van der Waals surface area contributed by atoms with Crippen molar-refractivity contribution >= 4 is 5.96 Å². The first-order valence-corrected chi connectivity index (χ1v) is 10.9. The predicted molar refractivity (Wildman–Crippen MR) is 114 cm³/mol. The smallest absolute Gasteiger partial charge is 0.193 e. The Morgan fingerprint density at radius 2 is 2.10 bits per heavy atom. The minimum Gasteiger partial charge on any atom is -0.494 e. The quantitative estimate of drug-likeness (QED) is 0.600. The first kappa shape index (κ1) is 20.3. The van der Waals surface area contributed by atoms with E-state index in [1.807, 2.05) is 14.0 Å². The molecule has 0 radical (unpaired) electrons. The molecule has 0 aliphatic carbocycles. The van der Waals surface area contributed by atoms with E-state index in [-0.39, 0.29) is 6.10 Å². The summed E-state index contributed by atoms with van der Waals surface area (Å²) in [6.45, 7) is 11.3. The number of ether oxygens (including phenoxy) is 3. The maximum absolute atomic E-state index is 5.96. The summed E-state index contributed by atoms with van der Waals surface area (Å²) < 4.78 is 17.4. The summed E-state index contributed by atoms with van der Waals surface area (Å²) in [7, 11) is 1.86. The Labute approximate surface area is 174 Å². The van der Waals surface area contributed by atoms with Crippen LogP contribution in [0.4, 0.5) is 0 Å². The van der Waals surface area contributed by atoms with Crippen LogP contribution in [-0.2, 0) is 17.7 Å². The van der Waals surface area contributed by atoms with Gasteiger partial charge in [0.05, 0.1) is 19.8 Å². The van der Waals surface area contributed by atoms with Gasteiger partial charge in [-0.05, 0) is 32.4 Å². The maximum Gasteiger partial charge on any atom is 0.193 e. The number of nitrogens with zero attached hydrogens (tertiary/aromatic N) is 3. The molecule has 3 heterocycles. The monoisotopic (exact) mass is 402 g/mol. The lowest BCUT2D eigenvalue weighted by Gasteiger charge is -2.32. The highest BCUT2D eigenvalue weighted by Crippen LogP contribution is 2.35. The number of aliphatic imine (C=N–C) groups is 1. The number of rotatable bonds is 5. The van der Waals surface area contributed by atoms with Crippen molar-refractivity contribution in [3.8, 4) is 11.5 Å². The van der Waals surface area contributed by atoms with Crippen molar-refractivity contribution in [2.24, 2.45) is 4.99 Å². The molecule has 0 amide bonds. The molecule has 3 aliphatic heterocycles. The van der Waals surface area contributed by atoms with E-state index in [0.717, 1.165) is 68.8 Å². The molecular formula is C22H34N4O3. The third-order valence-corrected chi connectivity index (χ3v) is 6.05. The van der Waals surface area contributed by atoms with E-state index in [1.54, 1.807) is 0 Å². The molecule has 0 bridgehead atoms. The Bertz CT molecular complexity index is 733. The molecular weight excluding hydrogens is 368 g/mol. The highest BCUT2D eigenvalue weighted by atomic mass is 16.5. The minimum absolute atomic E-state index is 0.233. The number of guanidine groups is 1. The van der Waals surface area contributed by atoms with E-state index in [0.29, 0.717) is 19.2 Å². The molecule has 0 spiro atoms.